The van der Waals surface area contributed by atoms with E-state index in [4.69, 9.17) is 11.6 Å². The minimum atomic E-state index is -1.00. The summed E-state index contributed by atoms with van der Waals surface area (Å²) in [6.45, 7) is 1.78. The first kappa shape index (κ1) is 19.9. The van der Waals surface area contributed by atoms with Crippen LogP contribution in [-0.4, -0.2) is 65.3 Å². The number of piperidine rings is 1. The number of imide groups is 2. The highest BCUT2D eigenvalue weighted by molar-refractivity contribution is 6.25. The van der Waals surface area contributed by atoms with Crippen LogP contribution in [0.25, 0.3) is 0 Å². The summed E-state index contributed by atoms with van der Waals surface area (Å²) in [5.41, 5.74) is 7.32. The number of nitrogens with zero attached hydrogens (tertiary/aromatic N) is 2. The first-order valence-corrected chi connectivity index (χ1v) is 9.65. The van der Waals surface area contributed by atoms with Crippen LogP contribution in [0.1, 0.15) is 33.6 Å². The maximum Gasteiger partial charge on any atom is 0.264 e. The highest BCUT2D eigenvalue weighted by Crippen LogP contribution is 2.32. The van der Waals surface area contributed by atoms with E-state index in [-0.39, 0.29) is 36.6 Å². The van der Waals surface area contributed by atoms with E-state index in [1.807, 2.05) is 0 Å². The Labute approximate surface area is 172 Å². The fourth-order valence-electron chi connectivity index (χ4n) is 3.69. The van der Waals surface area contributed by atoms with Crippen molar-refractivity contribution in [3.05, 3.63) is 41.2 Å². The largest absolute Gasteiger partial charge is 0.399 e. The molecule has 0 aliphatic carbocycles. The van der Waals surface area contributed by atoms with E-state index in [0.29, 0.717) is 11.4 Å². The molecule has 7 N–H and O–H groups in total. The Hall–Kier alpha value is -3.44. The summed E-state index contributed by atoms with van der Waals surface area (Å²) in [7, 11) is 0. The van der Waals surface area contributed by atoms with Gasteiger partial charge in [0.05, 0.1) is 23.7 Å². The molecule has 158 valence electrons. The number of carbonyl (C=O) groups is 4. The van der Waals surface area contributed by atoms with Crippen molar-refractivity contribution in [2.24, 2.45) is 11.6 Å². The molecule has 2 fully saturated rings. The minimum Gasteiger partial charge on any atom is -0.399 e. The average molecular weight is 413 g/mol. The Bertz CT molecular complexity index is 956. The second-order valence-corrected chi connectivity index (χ2v) is 7.49. The Kier molecular flexibility index (Phi) is 5.14. The third-order valence-corrected chi connectivity index (χ3v) is 5.45. The van der Waals surface area contributed by atoms with Crippen molar-refractivity contribution in [2.75, 3.05) is 25.0 Å². The van der Waals surface area contributed by atoms with Crippen molar-refractivity contribution < 1.29 is 19.2 Å². The molecule has 1 unspecified atom stereocenters. The van der Waals surface area contributed by atoms with Gasteiger partial charge >= 0.3 is 0 Å². The second-order valence-electron chi connectivity index (χ2n) is 7.49. The van der Waals surface area contributed by atoms with Crippen LogP contribution in [0.4, 0.5) is 5.69 Å². The van der Waals surface area contributed by atoms with Gasteiger partial charge in [0.1, 0.15) is 6.04 Å². The van der Waals surface area contributed by atoms with Crippen molar-refractivity contribution in [3.8, 4) is 0 Å². The number of fused-ring (bicyclic) bond motifs is 1. The monoisotopic (exact) mass is 413 g/mol. The van der Waals surface area contributed by atoms with Crippen LogP contribution in [0.2, 0.25) is 0 Å². The van der Waals surface area contributed by atoms with E-state index in [1.54, 1.807) is 23.3 Å². The lowest BCUT2D eigenvalue weighted by molar-refractivity contribution is -0.136. The van der Waals surface area contributed by atoms with Gasteiger partial charge in [-0.15, -0.1) is 0 Å². The molecule has 0 bridgehead atoms. The number of anilines is 1. The molecule has 4 amide bonds. The maximum absolute atomic E-state index is 13.0. The molecule has 0 spiro atoms. The summed E-state index contributed by atoms with van der Waals surface area (Å²) in [6.07, 6.45) is 1.81. The Morgan fingerprint density at radius 2 is 2.00 bits per heavy atom. The topological polar surface area (TPSA) is 163 Å². The van der Waals surface area contributed by atoms with Crippen molar-refractivity contribution in [3.63, 3.8) is 0 Å². The number of benzene rings is 1. The molecule has 30 heavy (non-hydrogen) atoms. The van der Waals surface area contributed by atoms with Crippen LogP contribution in [-0.2, 0) is 9.59 Å². The lowest BCUT2D eigenvalue weighted by Crippen LogP contribution is -2.57. The maximum atomic E-state index is 13.0. The van der Waals surface area contributed by atoms with Crippen LogP contribution in [0, 0.1) is 0 Å². The van der Waals surface area contributed by atoms with Gasteiger partial charge in [-0.2, -0.15) is 0 Å². The molecular weight excluding hydrogens is 390 g/mol. The van der Waals surface area contributed by atoms with E-state index in [1.165, 1.54) is 6.07 Å². The number of hydrogen-bond acceptors (Lipinski definition) is 9. The van der Waals surface area contributed by atoms with Crippen molar-refractivity contribution >= 4 is 29.3 Å². The van der Waals surface area contributed by atoms with Gasteiger partial charge < -0.3 is 21.4 Å². The van der Waals surface area contributed by atoms with E-state index in [0.717, 1.165) is 18.0 Å². The third-order valence-electron chi connectivity index (χ3n) is 5.45. The summed E-state index contributed by atoms with van der Waals surface area (Å²) < 4.78 is 0. The van der Waals surface area contributed by atoms with Crippen LogP contribution in [0.3, 0.4) is 0 Å². The van der Waals surface area contributed by atoms with E-state index < -0.39 is 29.7 Å². The van der Waals surface area contributed by atoms with E-state index >= 15 is 0 Å². The fourth-order valence-corrected chi connectivity index (χ4v) is 3.69. The van der Waals surface area contributed by atoms with E-state index in [9.17, 15) is 19.2 Å². The van der Waals surface area contributed by atoms with Crippen LogP contribution < -0.4 is 27.5 Å². The average Bonchev–Trinajstić information content (AvgIpc) is 2.90. The summed E-state index contributed by atoms with van der Waals surface area (Å²) >= 11 is 0. The van der Waals surface area contributed by atoms with Crippen LogP contribution >= 0.6 is 0 Å². The molecule has 4 rings (SSSR count). The number of nitrogens with one attached hydrogen (secondary N) is 3. The first-order chi connectivity index (χ1) is 14.4. The Balaban J connectivity index is 1.51. The quantitative estimate of drug-likeness (QED) is 0.211. The lowest BCUT2D eigenvalue weighted by Gasteiger charge is -2.34. The normalized spacial score (nSPS) is 22.0. The number of nitrogens with two attached hydrogens (primary N) is 2. The second kappa shape index (κ2) is 7.76. The predicted molar refractivity (Wildman–Crippen MR) is 107 cm³/mol. The standard InChI is InChI=1S/C19H23N7O4/c20-10(9-25(21)11-7-22-8-11)6-23-13-3-1-2-12-16(13)19(30)26(18(12)29)14-4-5-15(27)24-17(14)28/h1-3,9,11,14,22-23H,4-8,20-21H2,(H,24,27,28)/b10-9-. The zero-order chi connectivity index (χ0) is 21.4. The number of rotatable bonds is 6. The van der Waals surface area contributed by atoms with Crippen molar-refractivity contribution in [2.45, 2.75) is 24.9 Å². The molecule has 2 saturated heterocycles. The molecule has 11 nitrogen and oxygen atoms in total. The summed E-state index contributed by atoms with van der Waals surface area (Å²) in [5.74, 6) is 3.76. The smallest absolute Gasteiger partial charge is 0.264 e. The van der Waals surface area contributed by atoms with Gasteiger partial charge in [-0.05, 0) is 18.6 Å². The Morgan fingerprint density at radius 3 is 2.67 bits per heavy atom. The summed E-state index contributed by atoms with van der Waals surface area (Å²) in [6, 6.07) is 4.04. The molecule has 3 aliphatic heterocycles. The number of hydrazine groups is 1. The van der Waals surface area contributed by atoms with Gasteiger partial charge in [-0.3, -0.25) is 29.4 Å². The number of carbonyl (C=O) groups excluding carboxylic acids is 4. The number of hydrogen-bond donors (Lipinski definition) is 5. The van der Waals surface area contributed by atoms with Gasteiger partial charge in [-0.25, -0.2) is 5.84 Å². The lowest BCUT2D eigenvalue weighted by atomic mass is 10.0. The Morgan fingerprint density at radius 1 is 1.23 bits per heavy atom. The van der Waals surface area contributed by atoms with Gasteiger partial charge in [0.2, 0.25) is 11.8 Å². The summed E-state index contributed by atoms with van der Waals surface area (Å²) in [4.78, 5) is 50.4. The van der Waals surface area contributed by atoms with Crippen LogP contribution in [0.15, 0.2) is 30.1 Å². The molecule has 3 heterocycles. The van der Waals surface area contributed by atoms with Gasteiger partial charge in [0.25, 0.3) is 11.8 Å². The number of amides is 4. The van der Waals surface area contributed by atoms with Crippen molar-refractivity contribution in [1.82, 2.24) is 20.5 Å². The van der Waals surface area contributed by atoms with Gasteiger partial charge in [0.15, 0.2) is 0 Å². The molecule has 0 aromatic heterocycles. The molecule has 1 aromatic carbocycles. The van der Waals surface area contributed by atoms with Crippen molar-refractivity contribution in [1.29, 1.82) is 0 Å². The third kappa shape index (κ3) is 3.48. The van der Waals surface area contributed by atoms with Gasteiger partial charge in [-0.1, -0.05) is 6.07 Å². The zero-order valence-corrected chi connectivity index (χ0v) is 16.2. The molecule has 1 aromatic rings. The molecule has 3 aliphatic rings. The molecule has 11 heteroatoms. The first-order valence-electron chi connectivity index (χ1n) is 9.65. The van der Waals surface area contributed by atoms with E-state index in [2.05, 4.69) is 16.0 Å². The summed E-state index contributed by atoms with van der Waals surface area (Å²) in [5, 5.41) is 9.92. The fraction of sp³-hybridized carbons (Fsp3) is 0.368. The molecule has 0 radical (unpaired) electrons. The molecular formula is C19H23N7O4. The highest BCUT2D eigenvalue weighted by atomic mass is 16.2. The zero-order valence-electron chi connectivity index (χ0n) is 16.2. The SMILES string of the molecule is N/C(=C\N(N)C1CNC1)CNc1cccc2c1C(=O)N(C1CCC(=O)NC1=O)C2=O. The molecule has 0 saturated carbocycles. The highest BCUT2D eigenvalue weighted by Gasteiger charge is 2.45. The minimum absolute atomic E-state index is 0.0718. The van der Waals surface area contributed by atoms with Gasteiger partial charge in [0, 0.05) is 37.1 Å². The predicted octanol–water partition coefficient (Wildman–Crippen LogP) is -1.55. The molecule has 1 atom stereocenters. The van der Waals surface area contributed by atoms with Crippen LogP contribution in [0.5, 0.6) is 0 Å².